The average Bonchev–Trinajstić information content (AvgIpc) is 2.79. The Morgan fingerprint density at radius 3 is 2.89 bits per heavy atom. The van der Waals surface area contributed by atoms with E-state index in [2.05, 4.69) is 10.2 Å². The number of nitrogen functional groups attached to an aromatic ring is 1. The summed E-state index contributed by atoms with van der Waals surface area (Å²) in [7, 11) is 1.64. The number of nitrogens with one attached hydrogen (secondary N) is 1. The molecule has 0 saturated carbocycles. The first-order chi connectivity index (χ1) is 8.56. The van der Waals surface area contributed by atoms with Crippen molar-refractivity contribution in [2.24, 2.45) is 0 Å². The van der Waals surface area contributed by atoms with Crippen LogP contribution in [0.1, 0.15) is 15.9 Å². The maximum atomic E-state index is 13.2. The van der Waals surface area contributed by atoms with Gasteiger partial charge >= 0.3 is 0 Å². The molecule has 0 unspecified atom stereocenters. The first-order valence-corrected chi connectivity index (χ1v) is 5.35. The number of anilines is 1. The quantitative estimate of drug-likeness (QED) is 0.806. The van der Waals surface area contributed by atoms with E-state index in [0.29, 0.717) is 6.54 Å². The zero-order valence-corrected chi connectivity index (χ0v) is 9.85. The number of benzene rings is 1. The van der Waals surface area contributed by atoms with E-state index < -0.39 is 5.82 Å². The van der Waals surface area contributed by atoms with E-state index >= 15 is 0 Å². The Bertz CT molecular complexity index is 533. The highest BCUT2D eigenvalue weighted by Gasteiger charge is 2.13. The summed E-state index contributed by atoms with van der Waals surface area (Å²) in [6.07, 6.45) is 3.33. The van der Waals surface area contributed by atoms with Crippen LogP contribution in [0.15, 0.2) is 30.6 Å². The van der Waals surface area contributed by atoms with Gasteiger partial charge in [0.25, 0.3) is 5.91 Å². The van der Waals surface area contributed by atoms with Gasteiger partial charge in [-0.05, 0) is 18.2 Å². The molecule has 0 aliphatic heterocycles. The third kappa shape index (κ3) is 2.65. The van der Waals surface area contributed by atoms with Crippen LogP contribution in [0.25, 0.3) is 0 Å². The van der Waals surface area contributed by atoms with Gasteiger partial charge in [0, 0.05) is 36.6 Å². The monoisotopic (exact) mass is 248 g/mol. The van der Waals surface area contributed by atoms with Crippen LogP contribution in [0.4, 0.5) is 10.1 Å². The molecular formula is C12H13FN4O. The average molecular weight is 248 g/mol. The molecular weight excluding hydrogens is 235 g/mol. The van der Waals surface area contributed by atoms with Gasteiger partial charge in [0.1, 0.15) is 5.82 Å². The van der Waals surface area contributed by atoms with Gasteiger partial charge in [-0.15, -0.1) is 0 Å². The van der Waals surface area contributed by atoms with E-state index in [4.69, 9.17) is 5.73 Å². The van der Waals surface area contributed by atoms with Gasteiger partial charge in [0.2, 0.25) is 0 Å². The highest BCUT2D eigenvalue weighted by atomic mass is 19.1. The summed E-state index contributed by atoms with van der Waals surface area (Å²) >= 11 is 0. The molecule has 1 amide bonds. The summed E-state index contributed by atoms with van der Waals surface area (Å²) in [5.74, 6) is -0.808. The van der Waals surface area contributed by atoms with Crippen molar-refractivity contribution in [3.8, 4) is 0 Å². The van der Waals surface area contributed by atoms with Crippen LogP contribution in [0.2, 0.25) is 0 Å². The Morgan fingerprint density at radius 1 is 1.50 bits per heavy atom. The van der Waals surface area contributed by atoms with Crippen LogP contribution in [-0.4, -0.2) is 28.1 Å². The predicted octanol–water partition coefficient (Wildman–Crippen LogP) is 1.40. The molecule has 0 atom stereocenters. The van der Waals surface area contributed by atoms with Crippen LogP contribution in [0.3, 0.4) is 0 Å². The van der Waals surface area contributed by atoms with Crippen molar-refractivity contribution < 1.29 is 9.18 Å². The lowest BCUT2D eigenvalue weighted by molar-refractivity contribution is 0.0784. The molecule has 2 rings (SSSR count). The molecule has 0 aliphatic rings. The minimum Gasteiger partial charge on any atom is -0.399 e. The Morgan fingerprint density at radius 2 is 2.28 bits per heavy atom. The molecule has 94 valence electrons. The van der Waals surface area contributed by atoms with Gasteiger partial charge in [0.05, 0.1) is 6.20 Å². The molecule has 0 aliphatic carbocycles. The smallest absolute Gasteiger partial charge is 0.254 e. The number of rotatable bonds is 3. The normalized spacial score (nSPS) is 10.3. The fraction of sp³-hybridized carbons (Fsp3) is 0.167. The Labute approximate surface area is 103 Å². The van der Waals surface area contributed by atoms with Crippen molar-refractivity contribution in [2.75, 3.05) is 12.8 Å². The standard InChI is InChI=1S/C12H13FN4O/c1-17(7-8-5-15-16-6-8)12(18)9-2-10(13)4-11(14)3-9/h2-6H,7,14H2,1H3,(H,15,16). The molecule has 0 bridgehead atoms. The molecule has 6 heteroatoms. The molecule has 0 radical (unpaired) electrons. The van der Waals surface area contributed by atoms with E-state index in [1.165, 1.54) is 23.1 Å². The Balaban J connectivity index is 2.15. The number of nitrogens with two attached hydrogens (primary N) is 1. The van der Waals surface area contributed by atoms with E-state index in [-0.39, 0.29) is 17.2 Å². The predicted molar refractivity (Wildman–Crippen MR) is 65.2 cm³/mol. The third-order valence-electron chi connectivity index (χ3n) is 2.49. The highest BCUT2D eigenvalue weighted by molar-refractivity contribution is 5.94. The van der Waals surface area contributed by atoms with Gasteiger partial charge < -0.3 is 10.6 Å². The summed E-state index contributed by atoms with van der Waals surface area (Å²) in [6.45, 7) is 0.395. The summed E-state index contributed by atoms with van der Waals surface area (Å²) in [4.78, 5) is 13.5. The lowest BCUT2D eigenvalue weighted by Gasteiger charge is -2.16. The van der Waals surface area contributed by atoms with Crippen LogP contribution in [0, 0.1) is 5.82 Å². The third-order valence-corrected chi connectivity index (χ3v) is 2.49. The fourth-order valence-corrected chi connectivity index (χ4v) is 1.67. The lowest BCUT2D eigenvalue weighted by atomic mass is 10.1. The minimum atomic E-state index is -0.518. The van der Waals surface area contributed by atoms with E-state index in [0.717, 1.165) is 5.56 Å². The summed E-state index contributed by atoms with van der Waals surface area (Å²) in [5, 5.41) is 6.46. The number of aromatic nitrogens is 2. The summed E-state index contributed by atoms with van der Waals surface area (Å²) in [6, 6.07) is 3.80. The first-order valence-electron chi connectivity index (χ1n) is 5.35. The largest absolute Gasteiger partial charge is 0.399 e. The van der Waals surface area contributed by atoms with Gasteiger partial charge in [-0.1, -0.05) is 0 Å². The van der Waals surface area contributed by atoms with Crippen molar-refractivity contribution in [3.63, 3.8) is 0 Å². The number of nitrogens with zero attached hydrogens (tertiary/aromatic N) is 2. The molecule has 1 aromatic heterocycles. The number of H-pyrrole nitrogens is 1. The minimum absolute atomic E-state index is 0.232. The van der Waals surface area contributed by atoms with E-state index in [9.17, 15) is 9.18 Å². The number of carbonyl (C=O) groups is 1. The SMILES string of the molecule is CN(Cc1cn[nH]c1)C(=O)c1cc(N)cc(F)c1. The maximum Gasteiger partial charge on any atom is 0.254 e. The molecule has 3 N–H and O–H groups in total. The first kappa shape index (κ1) is 12.1. The number of hydrogen-bond acceptors (Lipinski definition) is 3. The summed E-state index contributed by atoms with van der Waals surface area (Å²) < 4.78 is 13.2. The molecule has 0 fully saturated rings. The second-order valence-corrected chi connectivity index (χ2v) is 4.04. The molecule has 18 heavy (non-hydrogen) atoms. The molecule has 2 aromatic rings. The second-order valence-electron chi connectivity index (χ2n) is 4.04. The van der Waals surface area contributed by atoms with E-state index in [1.54, 1.807) is 19.4 Å². The number of halogens is 1. The van der Waals surface area contributed by atoms with E-state index in [1.807, 2.05) is 0 Å². The van der Waals surface area contributed by atoms with Crippen molar-refractivity contribution in [1.29, 1.82) is 0 Å². The zero-order valence-electron chi connectivity index (χ0n) is 9.85. The van der Waals surface area contributed by atoms with Gasteiger partial charge in [-0.25, -0.2) is 4.39 Å². The van der Waals surface area contributed by atoms with Gasteiger partial charge in [0.15, 0.2) is 0 Å². The number of amides is 1. The Hall–Kier alpha value is -2.37. The molecule has 1 aromatic carbocycles. The summed E-state index contributed by atoms with van der Waals surface area (Å²) in [5.41, 5.74) is 6.84. The molecule has 0 saturated heterocycles. The van der Waals surface area contributed by atoms with Gasteiger partial charge in [-0.2, -0.15) is 5.10 Å². The van der Waals surface area contributed by atoms with Crippen LogP contribution >= 0.6 is 0 Å². The fourth-order valence-electron chi connectivity index (χ4n) is 1.67. The maximum absolute atomic E-state index is 13.2. The van der Waals surface area contributed by atoms with Crippen molar-refractivity contribution in [2.45, 2.75) is 6.54 Å². The number of hydrogen-bond donors (Lipinski definition) is 2. The second kappa shape index (κ2) is 4.87. The molecule has 5 nitrogen and oxygen atoms in total. The number of carbonyl (C=O) groups excluding carboxylic acids is 1. The van der Waals surface area contributed by atoms with Crippen molar-refractivity contribution in [3.05, 3.63) is 47.5 Å². The Kier molecular flexibility index (Phi) is 3.27. The highest BCUT2D eigenvalue weighted by Crippen LogP contribution is 2.13. The van der Waals surface area contributed by atoms with Crippen LogP contribution < -0.4 is 5.73 Å². The van der Waals surface area contributed by atoms with Crippen LogP contribution in [0.5, 0.6) is 0 Å². The number of aromatic amines is 1. The van der Waals surface area contributed by atoms with Crippen LogP contribution in [-0.2, 0) is 6.54 Å². The molecule has 0 spiro atoms. The topological polar surface area (TPSA) is 75.0 Å². The van der Waals surface area contributed by atoms with Crippen molar-refractivity contribution >= 4 is 11.6 Å². The molecule has 1 heterocycles. The lowest BCUT2D eigenvalue weighted by Crippen LogP contribution is -2.26. The van der Waals surface area contributed by atoms with Gasteiger partial charge in [-0.3, -0.25) is 9.89 Å². The zero-order chi connectivity index (χ0) is 13.1. The van der Waals surface area contributed by atoms with Crippen molar-refractivity contribution in [1.82, 2.24) is 15.1 Å².